The lowest BCUT2D eigenvalue weighted by Crippen LogP contribution is -2.97. The number of piperidine rings is 1. The van der Waals surface area contributed by atoms with E-state index in [4.69, 9.17) is 28.9 Å². The number of carbonyl (C=O) groups excluding carboxylic acids is 2. The highest BCUT2D eigenvalue weighted by Crippen LogP contribution is 2.63. The molecule has 4 unspecified atom stereocenters. The topological polar surface area (TPSA) is 142 Å². The number of carbonyl (C=O) groups is 2. The summed E-state index contributed by atoms with van der Waals surface area (Å²) in [6.45, 7) is 13.3. The van der Waals surface area contributed by atoms with Crippen molar-refractivity contribution in [3.63, 3.8) is 0 Å². The summed E-state index contributed by atoms with van der Waals surface area (Å²) in [6.07, 6.45) is 1.96. The Balaban J connectivity index is 1.09. The van der Waals surface area contributed by atoms with Crippen molar-refractivity contribution in [2.24, 2.45) is 0 Å². The van der Waals surface area contributed by atoms with Crippen molar-refractivity contribution >= 4 is 55.3 Å². The number of fused-ring (bicyclic) bond motifs is 5. The van der Waals surface area contributed by atoms with E-state index in [2.05, 4.69) is 21.2 Å². The van der Waals surface area contributed by atoms with Gasteiger partial charge in [-0.3, -0.25) is 15.1 Å². The summed E-state index contributed by atoms with van der Waals surface area (Å²) in [5, 5.41) is 14.5. The molecule has 0 radical (unpaired) electrons. The molecule has 0 bridgehead atoms. The second kappa shape index (κ2) is 13.1. The molecule has 5 atom stereocenters. The Labute approximate surface area is 344 Å². The maximum absolute atomic E-state index is 15.7. The number of nitrogens with zero attached hydrogens (tertiary/aromatic N) is 6. The van der Waals surface area contributed by atoms with E-state index in [1.165, 1.54) is 6.07 Å². The summed E-state index contributed by atoms with van der Waals surface area (Å²) in [6, 6.07) is 7.37. The second-order valence-corrected chi connectivity index (χ2v) is 19.9. The molecule has 5 fully saturated rings. The SMILES string of the molecule is CC(C)(C)OC(=O)Nc1sc2c(F)ccc(-c3cc4nc(OC[C@@]56CCCN5CC(F)C6)nc(N5C6CCC67C5CN7C(=O)OC(C)(C)C)c4c4c3COC4)c2c1C#N. The smallest absolute Gasteiger partial charge is 0.412 e. The van der Waals surface area contributed by atoms with Gasteiger partial charge in [-0.25, -0.2) is 18.4 Å². The zero-order chi connectivity index (χ0) is 41.4. The summed E-state index contributed by atoms with van der Waals surface area (Å²) in [7, 11) is 0. The van der Waals surface area contributed by atoms with Crippen LogP contribution in [0, 0.1) is 17.1 Å². The van der Waals surface area contributed by atoms with Crippen molar-refractivity contribution in [1.82, 2.24) is 19.8 Å². The molecule has 7 heterocycles. The molecule has 1 aliphatic carbocycles. The molecule has 4 aromatic rings. The van der Waals surface area contributed by atoms with Crippen LogP contribution in [-0.4, -0.2) is 98.7 Å². The van der Waals surface area contributed by atoms with Crippen LogP contribution in [0.5, 0.6) is 6.01 Å². The highest BCUT2D eigenvalue weighted by molar-refractivity contribution is 7.23. The van der Waals surface area contributed by atoms with Crippen molar-refractivity contribution in [3.8, 4) is 23.2 Å². The number of nitriles is 1. The van der Waals surface area contributed by atoms with Crippen LogP contribution in [-0.2, 0) is 27.4 Å². The maximum atomic E-state index is 15.7. The lowest BCUT2D eigenvalue weighted by molar-refractivity contribution is -0.166. The van der Waals surface area contributed by atoms with Gasteiger partial charge in [0.2, 0.25) is 0 Å². The van der Waals surface area contributed by atoms with Crippen LogP contribution in [0.1, 0.15) is 90.3 Å². The van der Waals surface area contributed by atoms with Gasteiger partial charge in [0.25, 0.3) is 0 Å². The van der Waals surface area contributed by atoms with Gasteiger partial charge in [-0.1, -0.05) is 6.07 Å². The molecule has 310 valence electrons. The van der Waals surface area contributed by atoms with Crippen molar-refractivity contribution < 1.29 is 37.3 Å². The van der Waals surface area contributed by atoms with Crippen molar-refractivity contribution in [2.75, 3.05) is 36.5 Å². The number of hydrogen-bond donors (Lipinski definition) is 1. The zero-order valence-electron chi connectivity index (χ0n) is 34.0. The third-order valence-electron chi connectivity index (χ3n) is 13.1. The highest BCUT2D eigenvalue weighted by atomic mass is 32.1. The quantitative estimate of drug-likeness (QED) is 0.201. The van der Waals surface area contributed by atoms with Crippen molar-refractivity contribution in [1.29, 1.82) is 5.26 Å². The van der Waals surface area contributed by atoms with Crippen LogP contribution in [0.3, 0.4) is 0 Å². The molecule has 2 aromatic carbocycles. The molecule has 13 nitrogen and oxygen atoms in total. The minimum Gasteiger partial charge on any atom is -0.461 e. The van der Waals surface area contributed by atoms with E-state index >= 15 is 4.39 Å². The summed E-state index contributed by atoms with van der Waals surface area (Å²) < 4.78 is 54.6. The third-order valence-corrected chi connectivity index (χ3v) is 14.2. The summed E-state index contributed by atoms with van der Waals surface area (Å²) in [4.78, 5) is 42.8. The zero-order valence-corrected chi connectivity index (χ0v) is 34.9. The highest BCUT2D eigenvalue weighted by Gasteiger charge is 2.77. The van der Waals surface area contributed by atoms with Gasteiger partial charge in [-0.2, -0.15) is 15.2 Å². The molecule has 59 heavy (non-hydrogen) atoms. The number of hydrogen-bond acceptors (Lipinski definition) is 12. The molecule has 2 amide bonds. The minimum absolute atomic E-state index is 0.0139. The number of anilines is 2. The van der Waals surface area contributed by atoms with Gasteiger partial charge in [0.05, 0.1) is 52.2 Å². The number of rotatable bonds is 6. The van der Waals surface area contributed by atoms with Crippen LogP contribution >= 0.6 is 11.3 Å². The number of likely N-dealkylation sites (tertiary alicyclic amines) is 1. The first-order valence-electron chi connectivity index (χ1n) is 20.4. The molecular weight excluding hydrogens is 781 g/mol. The fraction of sp³-hybridized carbons (Fsp3) is 0.558. The monoisotopic (exact) mass is 827 g/mol. The van der Waals surface area contributed by atoms with Crippen LogP contribution < -0.4 is 15.0 Å². The van der Waals surface area contributed by atoms with Crippen LogP contribution in [0.2, 0.25) is 0 Å². The number of piperazine rings is 1. The van der Waals surface area contributed by atoms with Gasteiger partial charge in [-0.05, 0) is 108 Å². The molecule has 10 rings (SSSR count). The Hall–Kier alpha value is -4.85. The van der Waals surface area contributed by atoms with Gasteiger partial charge in [-0.15, -0.1) is 11.3 Å². The average Bonchev–Trinajstić information content (AvgIpc) is 3.90. The first-order valence-corrected chi connectivity index (χ1v) is 21.2. The fourth-order valence-electron chi connectivity index (χ4n) is 10.6. The number of ether oxygens (including phenoxy) is 4. The molecule has 5 aliphatic heterocycles. The van der Waals surface area contributed by atoms with E-state index in [1.807, 2.05) is 31.7 Å². The van der Waals surface area contributed by atoms with E-state index in [-0.39, 0.29) is 64.8 Å². The molecule has 4 saturated heterocycles. The molecule has 1 spiro atoms. The van der Waals surface area contributed by atoms with Crippen molar-refractivity contribution in [3.05, 3.63) is 40.7 Å². The molecule has 16 heteroatoms. The van der Waals surface area contributed by atoms with Gasteiger partial charge in [0.1, 0.15) is 46.7 Å². The van der Waals surface area contributed by atoms with E-state index in [0.29, 0.717) is 47.4 Å². The summed E-state index contributed by atoms with van der Waals surface area (Å²) in [5.41, 5.74) is 1.60. The normalized spacial score (nSPS) is 26.9. The predicted molar refractivity (Wildman–Crippen MR) is 217 cm³/mol. The van der Waals surface area contributed by atoms with Gasteiger partial charge < -0.3 is 23.8 Å². The number of nitrogens with one attached hydrogen (secondary N) is 1. The number of aromatic nitrogens is 2. The largest absolute Gasteiger partial charge is 0.461 e. The van der Waals surface area contributed by atoms with Crippen LogP contribution in [0.15, 0.2) is 18.2 Å². The lowest BCUT2D eigenvalue weighted by atomic mass is 9.52. The standard InChI is InChI=1S/C43H47F2N7O6S/c1-40(2,3)57-38(53)49-36-25(16-46)32-23(8-9-28(45)34(32)59-36)24-14-29-33(27-20-55-19-26(24)27)35(48-37(47-29)56-21-42-11-7-13-50(42)17-22(44)15-42)52-30-10-12-43(30)31(52)18-51(43)39(54)58-41(4,5)6/h8-9,14,22,30-31H,7,10-13,15,17-21H2,1-6H3,(H,49,53)/t22?,30?,31?,42-,43?/m0/s1. The van der Waals surface area contributed by atoms with Gasteiger partial charge in [0, 0.05) is 30.3 Å². The maximum Gasteiger partial charge on any atom is 0.412 e. The molecule has 1 saturated carbocycles. The van der Waals surface area contributed by atoms with Crippen LogP contribution in [0.25, 0.3) is 32.1 Å². The number of benzene rings is 2. The molecular formula is C43H47F2N7O6S. The third kappa shape index (κ3) is 5.85. The molecule has 2 aromatic heterocycles. The second-order valence-electron chi connectivity index (χ2n) is 18.9. The van der Waals surface area contributed by atoms with E-state index in [9.17, 15) is 19.2 Å². The number of halogens is 2. The Morgan fingerprint density at radius 3 is 2.53 bits per heavy atom. The van der Waals surface area contributed by atoms with Gasteiger partial charge in [0.15, 0.2) is 0 Å². The van der Waals surface area contributed by atoms with Gasteiger partial charge >= 0.3 is 18.2 Å². The molecule has 6 aliphatic rings. The van der Waals surface area contributed by atoms with Crippen molar-refractivity contribution in [2.45, 2.75) is 127 Å². The Kier molecular flexibility index (Phi) is 8.50. The summed E-state index contributed by atoms with van der Waals surface area (Å²) >= 11 is 0.978. The van der Waals surface area contributed by atoms with E-state index in [0.717, 1.165) is 60.1 Å². The lowest BCUT2D eigenvalue weighted by Gasteiger charge is -2.80. The Morgan fingerprint density at radius 1 is 1.03 bits per heavy atom. The number of thiophene rings is 1. The Bertz CT molecular complexity index is 2500. The predicted octanol–water partition coefficient (Wildman–Crippen LogP) is 8.20. The minimum atomic E-state index is -0.917. The fourth-order valence-corrected chi connectivity index (χ4v) is 11.7. The number of amides is 2. The van der Waals surface area contributed by atoms with Crippen LogP contribution in [0.4, 0.5) is 29.2 Å². The van der Waals surface area contributed by atoms with E-state index < -0.39 is 34.8 Å². The first-order chi connectivity index (χ1) is 28.0. The summed E-state index contributed by atoms with van der Waals surface area (Å²) in [5.74, 6) is 0.173. The first kappa shape index (κ1) is 38.4. The average molecular weight is 828 g/mol. The Morgan fingerprint density at radius 2 is 1.81 bits per heavy atom. The van der Waals surface area contributed by atoms with E-state index in [1.54, 1.807) is 26.8 Å². The number of alkyl halides is 1. The molecule has 1 N–H and O–H groups in total.